The Kier molecular flexibility index (Phi) is 2.39. The number of terminal acetylenes is 1. The van der Waals surface area contributed by atoms with Gasteiger partial charge in [0.15, 0.2) is 0 Å². The van der Waals surface area contributed by atoms with E-state index in [2.05, 4.69) is 5.32 Å². The van der Waals surface area contributed by atoms with Gasteiger partial charge in [-0.3, -0.25) is 14.9 Å². The Morgan fingerprint density at radius 2 is 2.38 bits per heavy atom. The van der Waals surface area contributed by atoms with Crippen molar-refractivity contribution < 1.29 is 9.59 Å². The highest BCUT2D eigenvalue weighted by molar-refractivity contribution is 5.99. The van der Waals surface area contributed by atoms with Gasteiger partial charge in [-0.1, -0.05) is 0 Å². The molecular weight excluding hydrogens is 168 g/mol. The lowest BCUT2D eigenvalue weighted by atomic mass is 10.1. The molecule has 13 heavy (non-hydrogen) atoms. The molecule has 1 heterocycles. The number of Topliss-reactive ketones (excluding diaryl/α,β-unsaturated/α-hetero) is 1. The third-order valence-corrected chi connectivity index (χ3v) is 2.03. The van der Waals surface area contributed by atoms with Gasteiger partial charge in [-0.2, -0.15) is 0 Å². The molecule has 0 aliphatic carbocycles. The fraction of sp³-hybridized carbons (Fsp3) is 0.556. The number of hydrogen-bond acceptors (Lipinski definition) is 3. The summed E-state index contributed by atoms with van der Waals surface area (Å²) >= 11 is 0. The van der Waals surface area contributed by atoms with Crippen LogP contribution in [0, 0.1) is 12.3 Å². The molecule has 1 rings (SSSR count). The van der Waals surface area contributed by atoms with Gasteiger partial charge in [-0.15, -0.1) is 6.42 Å². The first-order valence-corrected chi connectivity index (χ1v) is 4.01. The van der Waals surface area contributed by atoms with Crippen LogP contribution in [0.3, 0.4) is 0 Å². The molecule has 0 aromatic heterocycles. The molecule has 1 amide bonds. The van der Waals surface area contributed by atoms with E-state index < -0.39 is 5.54 Å². The van der Waals surface area contributed by atoms with Gasteiger partial charge in [0.2, 0.25) is 11.7 Å². The molecule has 0 unspecified atom stereocenters. The SMILES string of the molecule is C#CC(=O)CN1CNC(C)(C)C1=O. The van der Waals surface area contributed by atoms with Crippen molar-refractivity contribution in [3.8, 4) is 12.3 Å². The van der Waals surface area contributed by atoms with Crippen molar-refractivity contribution in [3.63, 3.8) is 0 Å². The van der Waals surface area contributed by atoms with Crippen LogP contribution in [-0.2, 0) is 9.59 Å². The van der Waals surface area contributed by atoms with Crippen molar-refractivity contribution in [2.24, 2.45) is 0 Å². The van der Waals surface area contributed by atoms with Gasteiger partial charge in [0.05, 0.1) is 18.8 Å². The number of hydrogen-bond donors (Lipinski definition) is 1. The van der Waals surface area contributed by atoms with Crippen LogP contribution in [0.15, 0.2) is 0 Å². The minimum Gasteiger partial charge on any atom is -0.320 e. The predicted octanol–water partition coefficient (Wildman–Crippen LogP) is -0.643. The molecule has 0 aromatic rings. The Bertz CT molecular complexity index is 288. The first-order chi connectivity index (χ1) is 5.97. The second-order valence-corrected chi connectivity index (χ2v) is 3.53. The van der Waals surface area contributed by atoms with Crippen LogP contribution in [0.1, 0.15) is 13.8 Å². The molecule has 1 saturated heterocycles. The van der Waals surface area contributed by atoms with E-state index in [1.54, 1.807) is 13.8 Å². The summed E-state index contributed by atoms with van der Waals surface area (Å²) in [7, 11) is 0. The highest BCUT2D eigenvalue weighted by Crippen LogP contribution is 2.13. The van der Waals surface area contributed by atoms with Crippen molar-refractivity contribution in [1.29, 1.82) is 0 Å². The second kappa shape index (κ2) is 3.19. The summed E-state index contributed by atoms with van der Waals surface area (Å²) < 4.78 is 0. The number of ketones is 1. The number of rotatable bonds is 2. The molecule has 0 radical (unpaired) electrons. The van der Waals surface area contributed by atoms with Crippen LogP contribution >= 0.6 is 0 Å². The monoisotopic (exact) mass is 180 g/mol. The zero-order valence-electron chi connectivity index (χ0n) is 7.76. The quantitative estimate of drug-likeness (QED) is 0.454. The van der Waals surface area contributed by atoms with Crippen molar-refractivity contribution in [3.05, 3.63) is 0 Å². The topological polar surface area (TPSA) is 49.4 Å². The molecule has 70 valence electrons. The lowest BCUT2D eigenvalue weighted by molar-refractivity contribution is -0.133. The van der Waals surface area contributed by atoms with Crippen LogP contribution < -0.4 is 5.32 Å². The zero-order chi connectivity index (χ0) is 10.1. The maximum absolute atomic E-state index is 11.5. The molecule has 4 nitrogen and oxygen atoms in total. The lowest BCUT2D eigenvalue weighted by Gasteiger charge is -2.16. The summed E-state index contributed by atoms with van der Waals surface area (Å²) in [5.41, 5.74) is -0.575. The number of amides is 1. The summed E-state index contributed by atoms with van der Waals surface area (Å²) in [5.74, 6) is 1.52. The molecular formula is C9H12N2O2. The van der Waals surface area contributed by atoms with E-state index in [1.807, 2.05) is 5.92 Å². The molecule has 0 bridgehead atoms. The Hall–Kier alpha value is -1.34. The molecule has 0 spiro atoms. The van der Waals surface area contributed by atoms with Gasteiger partial charge in [-0.25, -0.2) is 0 Å². The Morgan fingerprint density at radius 1 is 1.77 bits per heavy atom. The summed E-state index contributed by atoms with van der Waals surface area (Å²) in [4.78, 5) is 23.8. The Morgan fingerprint density at radius 3 is 2.77 bits per heavy atom. The molecule has 1 aliphatic rings. The third-order valence-electron chi connectivity index (χ3n) is 2.03. The highest BCUT2D eigenvalue weighted by Gasteiger charge is 2.38. The van der Waals surface area contributed by atoms with Crippen molar-refractivity contribution in [2.45, 2.75) is 19.4 Å². The first-order valence-electron chi connectivity index (χ1n) is 4.01. The maximum atomic E-state index is 11.5. The molecule has 1 N–H and O–H groups in total. The number of carbonyl (C=O) groups excluding carboxylic acids is 2. The normalized spacial score (nSPS) is 20.1. The lowest BCUT2D eigenvalue weighted by Crippen LogP contribution is -2.41. The first kappa shape index (κ1) is 9.75. The van der Waals surface area contributed by atoms with E-state index in [9.17, 15) is 9.59 Å². The van der Waals surface area contributed by atoms with Gasteiger partial charge in [0.25, 0.3) is 0 Å². The molecule has 1 aliphatic heterocycles. The fourth-order valence-corrected chi connectivity index (χ4v) is 1.18. The summed E-state index contributed by atoms with van der Waals surface area (Å²) in [6, 6.07) is 0. The number of carbonyl (C=O) groups is 2. The molecule has 0 aromatic carbocycles. The van der Waals surface area contributed by atoms with Crippen LogP contribution in [0.2, 0.25) is 0 Å². The largest absolute Gasteiger partial charge is 0.320 e. The van der Waals surface area contributed by atoms with Crippen LogP contribution in [0.25, 0.3) is 0 Å². The standard InChI is InChI=1S/C9H12N2O2/c1-4-7(12)5-11-6-10-9(2,3)8(11)13/h1,10H,5-6H2,2-3H3. The van der Waals surface area contributed by atoms with E-state index in [0.717, 1.165) is 0 Å². The third kappa shape index (κ3) is 1.87. The minimum atomic E-state index is -0.575. The van der Waals surface area contributed by atoms with Crippen molar-refractivity contribution in [1.82, 2.24) is 10.2 Å². The van der Waals surface area contributed by atoms with E-state index in [-0.39, 0.29) is 18.2 Å². The van der Waals surface area contributed by atoms with Crippen LogP contribution in [0.4, 0.5) is 0 Å². The zero-order valence-corrected chi connectivity index (χ0v) is 7.76. The molecule has 0 atom stereocenters. The van der Waals surface area contributed by atoms with E-state index in [0.29, 0.717) is 6.67 Å². The maximum Gasteiger partial charge on any atom is 0.243 e. The van der Waals surface area contributed by atoms with Gasteiger partial charge in [0, 0.05) is 0 Å². The predicted molar refractivity (Wildman–Crippen MR) is 47.6 cm³/mol. The smallest absolute Gasteiger partial charge is 0.243 e. The average molecular weight is 180 g/mol. The van der Waals surface area contributed by atoms with Crippen molar-refractivity contribution >= 4 is 11.7 Å². The van der Waals surface area contributed by atoms with E-state index in [1.165, 1.54) is 4.90 Å². The van der Waals surface area contributed by atoms with Crippen molar-refractivity contribution in [2.75, 3.05) is 13.2 Å². The van der Waals surface area contributed by atoms with Gasteiger partial charge < -0.3 is 4.90 Å². The highest BCUT2D eigenvalue weighted by atomic mass is 16.2. The average Bonchev–Trinajstić information content (AvgIpc) is 2.32. The second-order valence-electron chi connectivity index (χ2n) is 3.53. The van der Waals surface area contributed by atoms with Gasteiger partial charge in [0.1, 0.15) is 0 Å². The van der Waals surface area contributed by atoms with Gasteiger partial charge in [-0.05, 0) is 19.8 Å². The Labute approximate surface area is 77.3 Å². The summed E-state index contributed by atoms with van der Waals surface area (Å²) in [5, 5.41) is 2.98. The fourth-order valence-electron chi connectivity index (χ4n) is 1.18. The number of nitrogens with one attached hydrogen (secondary N) is 1. The summed E-state index contributed by atoms with van der Waals surface area (Å²) in [6.45, 7) is 3.94. The molecule has 4 heteroatoms. The Balaban J connectivity index is 2.63. The van der Waals surface area contributed by atoms with Gasteiger partial charge >= 0.3 is 0 Å². The van der Waals surface area contributed by atoms with E-state index in [4.69, 9.17) is 6.42 Å². The number of nitrogens with zero attached hydrogens (tertiary/aromatic N) is 1. The minimum absolute atomic E-state index is 0.00572. The molecule has 1 fully saturated rings. The van der Waals surface area contributed by atoms with Crippen LogP contribution in [0.5, 0.6) is 0 Å². The van der Waals surface area contributed by atoms with Crippen LogP contribution in [-0.4, -0.2) is 35.3 Å². The van der Waals surface area contributed by atoms with E-state index >= 15 is 0 Å². The molecule has 0 saturated carbocycles. The summed E-state index contributed by atoms with van der Waals surface area (Å²) in [6.07, 6.45) is 4.91.